The standard InChI is InChI=1S/C10H12ClN5O/c1-3-12-10-13-5-8(11)9(15-10)16-6-7(17-2)4-14-16/h4-6H,3H2,1-2H3,(H,12,13,15). The van der Waals surface area contributed by atoms with Gasteiger partial charge in [0.2, 0.25) is 5.95 Å². The van der Waals surface area contributed by atoms with Gasteiger partial charge in [-0.2, -0.15) is 10.1 Å². The molecule has 0 atom stereocenters. The summed E-state index contributed by atoms with van der Waals surface area (Å²) in [6, 6.07) is 0. The highest BCUT2D eigenvalue weighted by atomic mass is 35.5. The Morgan fingerprint density at radius 1 is 1.47 bits per heavy atom. The quantitative estimate of drug-likeness (QED) is 0.899. The summed E-state index contributed by atoms with van der Waals surface area (Å²) >= 11 is 6.03. The highest BCUT2D eigenvalue weighted by molar-refractivity contribution is 6.32. The van der Waals surface area contributed by atoms with Gasteiger partial charge in [-0.05, 0) is 6.92 Å². The number of nitrogens with one attached hydrogen (secondary N) is 1. The van der Waals surface area contributed by atoms with Gasteiger partial charge >= 0.3 is 0 Å². The number of hydrogen-bond acceptors (Lipinski definition) is 5. The Hall–Kier alpha value is -1.82. The summed E-state index contributed by atoms with van der Waals surface area (Å²) in [4.78, 5) is 8.33. The molecule has 90 valence electrons. The van der Waals surface area contributed by atoms with Crippen LogP contribution in [0.5, 0.6) is 5.75 Å². The minimum Gasteiger partial charge on any atom is -0.493 e. The molecule has 0 saturated carbocycles. The molecule has 0 spiro atoms. The third kappa shape index (κ3) is 2.47. The second-order valence-corrected chi connectivity index (χ2v) is 3.63. The minimum absolute atomic E-state index is 0.428. The van der Waals surface area contributed by atoms with Crippen LogP contribution in [-0.4, -0.2) is 33.4 Å². The first-order valence-corrected chi connectivity index (χ1v) is 5.48. The van der Waals surface area contributed by atoms with E-state index in [0.717, 1.165) is 6.54 Å². The van der Waals surface area contributed by atoms with E-state index in [4.69, 9.17) is 16.3 Å². The van der Waals surface area contributed by atoms with Gasteiger partial charge in [0.05, 0.1) is 25.7 Å². The molecule has 7 heteroatoms. The molecule has 0 bridgehead atoms. The van der Waals surface area contributed by atoms with Crippen molar-refractivity contribution in [3.63, 3.8) is 0 Å². The molecule has 2 aromatic heterocycles. The van der Waals surface area contributed by atoms with Crippen molar-refractivity contribution in [1.29, 1.82) is 0 Å². The van der Waals surface area contributed by atoms with E-state index in [0.29, 0.717) is 22.5 Å². The molecule has 0 aliphatic rings. The van der Waals surface area contributed by atoms with Crippen molar-refractivity contribution < 1.29 is 4.74 Å². The summed E-state index contributed by atoms with van der Waals surface area (Å²) in [7, 11) is 1.58. The second kappa shape index (κ2) is 5.01. The van der Waals surface area contributed by atoms with Crippen LogP contribution < -0.4 is 10.1 Å². The van der Waals surface area contributed by atoms with Gasteiger partial charge in [0, 0.05) is 6.54 Å². The van der Waals surface area contributed by atoms with Crippen molar-refractivity contribution in [3.8, 4) is 11.6 Å². The largest absolute Gasteiger partial charge is 0.493 e. The summed E-state index contributed by atoms with van der Waals surface area (Å²) < 4.78 is 6.59. The van der Waals surface area contributed by atoms with Crippen molar-refractivity contribution in [2.75, 3.05) is 19.0 Å². The Labute approximate surface area is 104 Å². The van der Waals surface area contributed by atoms with E-state index in [-0.39, 0.29) is 0 Å². The third-order valence-corrected chi connectivity index (χ3v) is 2.34. The van der Waals surface area contributed by atoms with E-state index in [1.807, 2.05) is 6.92 Å². The molecule has 0 amide bonds. The lowest BCUT2D eigenvalue weighted by Crippen LogP contribution is -2.06. The maximum absolute atomic E-state index is 6.03. The molecule has 0 radical (unpaired) electrons. The van der Waals surface area contributed by atoms with Gasteiger partial charge in [-0.25, -0.2) is 9.67 Å². The molecule has 6 nitrogen and oxygen atoms in total. The number of halogens is 1. The number of methoxy groups -OCH3 is 1. The lowest BCUT2D eigenvalue weighted by atomic mass is 10.5. The van der Waals surface area contributed by atoms with Gasteiger partial charge in [-0.15, -0.1) is 0 Å². The maximum atomic E-state index is 6.03. The Bertz CT molecular complexity index is 513. The van der Waals surface area contributed by atoms with Gasteiger partial charge < -0.3 is 10.1 Å². The van der Waals surface area contributed by atoms with Crippen LogP contribution in [-0.2, 0) is 0 Å². The summed E-state index contributed by atoms with van der Waals surface area (Å²) in [6.45, 7) is 2.71. The highest BCUT2D eigenvalue weighted by Crippen LogP contribution is 2.20. The Balaban J connectivity index is 2.39. The van der Waals surface area contributed by atoms with E-state index in [1.165, 1.54) is 6.20 Å². The van der Waals surface area contributed by atoms with Crippen LogP contribution in [0.2, 0.25) is 5.02 Å². The van der Waals surface area contributed by atoms with Crippen molar-refractivity contribution in [1.82, 2.24) is 19.7 Å². The van der Waals surface area contributed by atoms with Crippen molar-refractivity contribution in [3.05, 3.63) is 23.6 Å². The van der Waals surface area contributed by atoms with Crippen LogP contribution in [0, 0.1) is 0 Å². The predicted octanol–water partition coefficient (Wildman–Crippen LogP) is 1.76. The summed E-state index contributed by atoms with van der Waals surface area (Å²) in [5, 5.41) is 7.55. The first-order chi connectivity index (χ1) is 8.24. The number of ether oxygens (including phenoxy) is 1. The minimum atomic E-state index is 0.428. The topological polar surface area (TPSA) is 64.9 Å². The van der Waals surface area contributed by atoms with Crippen molar-refractivity contribution in [2.45, 2.75) is 6.92 Å². The van der Waals surface area contributed by atoms with Crippen LogP contribution >= 0.6 is 11.6 Å². The second-order valence-electron chi connectivity index (χ2n) is 3.22. The van der Waals surface area contributed by atoms with E-state index in [9.17, 15) is 0 Å². The van der Waals surface area contributed by atoms with Crippen LogP contribution in [0.25, 0.3) is 5.82 Å². The summed E-state index contributed by atoms with van der Waals surface area (Å²) in [6.07, 6.45) is 4.82. The van der Waals surface area contributed by atoms with Crippen LogP contribution in [0.15, 0.2) is 18.6 Å². The molecule has 0 aliphatic carbocycles. The van der Waals surface area contributed by atoms with Crippen LogP contribution in [0.4, 0.5) is 5.95 Å². The van der Waals surface area contributed by atoms with E-state index < -0.39 is 0 Å². The Kier molecular flexibility index (Phi) is 3.43. The van der Waals surface area contributed by atoms with Crippen LogP contribution in [0.3, 0.4) is 0 Å². The number of anilines is 1. The fourth-order valence-electron chi connectivity index (χ4n) is 1.29. The Morgan fingerprint density at radius 3 is 2.94 bits per heavy atom. The SMILES string of the molecule is CCNc1ncc(Cl)c(-n2cc(OC)cn2)n1. The zero-order chi connectivity index (χ0) is 12.3. The smallest absolute Gasteiger partial charge is 0.224 e. The van der Waals surface area contributed by atoms with Crippen molar-refractivity contribution in [2.24, 2.45) is 0 Å². The van der Waals surface area contributed by atoms with E-state index in [1.54, 1.807) is 24.2 Å². The highest BCUT2D eigenvalue weighted by Gasteiger charge is 2.09. The van der Waals surface area contributed by atoms with Gasteiger partial charge in [0.25, 0.3) is 0 Å². The van der Waals surface area contributed by atoms with Gasteiger partial charge in [0.1, 0.15) is 5.02 Å². The predicted molar refractivity (Wildman–Crippen MR) is 64.9 cm³/mol. The molecule has 0 fully saturated rings. The number of hydrogen-bond donors (Lipinski definition) is 1. The molecule has 0 aromatic carbocycles. The molecule has 0 aliphatic heterocycles. The van der Waals surface area contributed by atoms with Crippen molar-refractivity contribution >= 4 is 17.5 Å². The van der Waals surface area contributed by atoms with Crippen LogP contribution in [0.1, 0.15) is 6.92 Å². The molecular formula is C10H12ClN5O. The normalized spacial score (nSPS) is 10.3. The summed E-state index contributed by atoms with van der Waals surface area (Å²) in [5.74, 6) is 1.67. The third-order valence-electron chi connectivity index (χ3n) is 2.07. The lowest BCUT2D eigenvalue weighted by molar-refractivity contribution is 0.414. The van der Waals surface area contributed by atoms with Gasteiger partial charge in [-0.1, -0.05) is 11.6 Å². The molecule has 0 unspecified atom stereocenters. The average molecular weight is 254 g/mol. The number of nitrogens with zero attached hydrogens (tertiary/aromatic N) is 4. The zero-order valence-corrected chi connectivity index (χ0v) is 10.3. The fraction of sp³-hybridized carbons (Fsp3) is 0.300. The molecule has 17 heavy (non-hydrogen) atoms. The Morgan fingerprint density at radius 2 is 2.29 bits per heavy atom. The average Bonchev–Trinajstić information content (AvgIpc) is 2.80. The molecule has 2 aromatic rings. The summed E-state index contributed by atoms with van der Waals surface area (Å²) in [5.41, 5.74) is 0. The monoisotopic (exact) mass is 253 g/mol. The molecular weight excluding hydrogens is 242 g/mol. The molecule has 1 N–H and O–H groups in total. The molecule has 2 heterocycles. The molecule has 2 rings (SSSR count). The maximum Gasteiger partial charge on any atom is 0.224 e. The first-order valence-electron chi connectivity index (χ1n) is 5.10. The number of rotatable bonds is 4. The zero-order valence-electron chi connectivity index (χ0n) is 9.51. The van der Waals surface area contributed by atoms with E-state index >= 15 is 0 Å². The fourth-order valence-corrected chi connectivity index (χ4v) is 1.47. The van der Waals surface area contributed by atoms with E-state index in [2.05, 4.69) is 20.4 Å². The first kappa shape index (κ1) is 11.7. The number of aromatic nitrogens is 4. The molecule has 0 saturated heterocycles. The van der Waals surface area contributed by atoms with Gasteiger partial charge in [0.15, 0.2) is 11.6 Å². The van der Waals surface area contributed by atoms with Gasteiger partial charge in [-0.3, -0.25) is 0 Å². The lowest BCUT2D eigenvalue weighted by Gasteiger charge is -2.06.